The van der Waals surface area contributed by atoms with Gasteiger partial charge in [-0.3, -0.25) is 10.6 Å². The fourth-order valence-corrected chi connectivity index (χ4v) is 3.50. The van der Waals surface area contributed by atoms with Crippen molar-refractivity contribution in [2.75, 3.05) is 5.43 Å². The van der Waals surface area contributed by atoms with Gasteiger partial charge in [-0.05, 0) is 41.5 Å². The molecule has 6 heteroatoms. The van der Waals surface area contributed by atoms with E-state index in [-0.39, 0.29) is 17.2 Å². The van der Waals surface area contributed by atoms with Gasteiger partial charge in [0.05, 0.1) is 11.3 Å². The van der Waals surface area contributed by atoms with Gasteiger partial charge in [-0.1, -0.05) is 44.1 Å². The average molecular weight is 375 g/mol. The first-order valence-electron chi connectivity index (χ1n) is 9.48. The number of hydrogen-bond donors (Lipinski definition) is 3. The lowest BCUT2D eigenvalue weighted by Gasteiger charge is -2.19. The van der Waals surface area contributed by atoms with Crippen LogP contribution in [0.4, 0.5) is 5.69 Å². The number of amides is 1. The number of hydrogen-bond acceptors (Lipinski definition) is 4. The number of phenolic OH excluding ortho intramolecular Hbond substituents is 1. The van der Waals surface area contributed by atoms with Crippen LogP contribution in [0.25, 0.3) is 5.57 Å². The minimum atomic E-state index is -0.228. The van der Waals surface area contributed by atoms with Crippen LogP contribution in [0.2, 0.25) is 0 Å². The molecule has 3 rings (SSSR count). The summed E-state index contributed by atoms with van der Waals surface area (Å²) in [5, 5.41) is 10.4. The minimum Gasteiger partial charge on any atom is -0.507 e. The molecular formula is C22H26BN3O2. The molecule has 0 aromatic heterocycles. The first-order chi connectivity index (χ1) is 13.3. The number of nitrogens with zero attached hydrogens (tertiary/aromatic N) is 1. The van der Waals surface area contributed by atoms with E-state index in [1.807, 2.05) is 18.2 Å². The van der Waals surface area contributed by atoms with E-state index in [1.165, 1.54) is 6.07 Å². The van der Waals surface area contributed by atoms with E-state index in [1.54, 1.807) is 11.0 Å². The van der Waals surface area contributed by atoms with Crippen molar-refractivity contribution in [3.05, 3.63) is 59.2 Å². The van der Waals surface area contributed by atoms with Crippen molar-refractivity contribution in [1.29, 1.82) is 0 Å². The van der Waals surface area contributed by atoms with Crippen molar-refractivity contribution >= 4 is 30.5 Å². The number of benzene rings is 2. The second-order valence-electron chi connectivity index (χ2n) is 7.78. The molecule has 2 aromatic carbocycles. The Morgan fingerprint density at radius 2 is 1.96 bits per heavy atom. The molecule has 0 fully saturated rings. The summed E-state index contributed by atoms with van der Waals surface area (Å²) in [6.45, 7) is 9.43. The Balaban J connectivity index is 1.88. The summed E-state index contributed by atoms with van der Waals surface area (Å²) in [5.74, 6) is 5.83. The first-order valence-corrected chi connectivity index (χ1v) is 9.48. The number of carbonyl (C=O) groups excluding carboxylic acids is 1. The number of carbonyl (C=O) groups is 1. The van der Waals surface area contributed by atoms with Crippen molar-refractivity contribution in [3.63, 3.8) is 0 Å². The van der Waals surface area contributed by atoms with Crippen molar-refractivity contribution < 1.29 is 9.90 Å². The maximum absolute atomic E-state index is 13.1. The van der Waals surface area contributed by atoms with E-state index in [2.05, 4.69) is 25.9 Å². The highest BCUT2D eigenvalue weighted by Gasteiger charge is 2.27. The number of nitrogens with two attached hydrogens (primary N) is 1. The summed E-state index contributed by atoms with van der Waals surface area (Å²) in [4.78, 5) is 14.8. The topological polar surface area (TPSA) is 78.6 Å². The van der Waals surface area contributed by atoms with Crippen LogP contribution in [0, 0.1) is 5.92 Å². The zero-order chi connectivity index (χ0) is 20.4. The molecule has 144 valence electrons. The van der Waals surface area contributed by atoms with E-state index in [9.17, 15) is 9.90 Å². The van der Waals surface area contributed by atoms with Crippen molar-refractivity contribution in [2.45, 2.75) is 39.8 Å². The standard InChI is InChI=1S/C22H26BN3O2/c1-13(2)4-5-14(3)18-9-19(21(27)10-20(18)25-24)22(28)26-11-15-6-7-17(23)8-16(15)12-26/h6-10,13,25,27H,3-5,11-12,24H2,1-2H3. The van der Waals surface area contributed by atoms with Gasteiger partial charge in [0.25, 0.3) is 5.91 Å². The smallest absolute Gasteiger partial charge is 0.258 e. The number of allylic oxidation sites excluding steroid dienone is 1. The number of fused-ring (bicyclic) bond motifs is 1. The third-order valence-corrected chi connectivity index (χ3v) is 5.17. The Labute approximate surface area is 167 Å². The molecule has 1 heterocycles. The van der Waals surface area contributed by atoms with E-state index < -0.39 is 0 Å². The van der Waals surface area contributed by atoms with Crippen molar-refractivity contribution in [2.24, 2.45) is 11.8 Å². The number of nitrogen functional groups attached to an aromatic ring is 1. The maximum atomic E-state index is 13.1. The number of phenols is 1. The average Bonchev–Trinajstić information content (AvgIpc) is 3.08. The molecule has 1 aliphatic rings. The lowest BCUT2D eigenvalue weighted by molar-refractivity contribution is 0.0748. The van der Waals surface area contributed by atoms with Gasteiger partial charge in [0.1, 0.15) is 13.6 Å². The highest BCUT2D eigenvalue weighted by Crippen LogP contribution is 2.34. The second-order valence-corrected chi connectivity index (χ2v) is 7.78. The number of aromatic hydroxyl groups is 1. The van der Waals surface area contributed by atoms with Crippen LogP contribution >= 0.6 is 0 Å². The van der Waals surface area contributed by atoms with Gasteiger partial charge in [0, 0.05) is 24.7 Å². The zero-order valence-electron chi connectivity index (χ0n) is 16.5. The van der Waals surface area contributed by atoms with E-state index in [0.717, 1.165) is 35.1 Å². The van der Waals surface area contributed by atoms with Gasteiger partial charge in [0.2, 0.25) is 0 Å². The largest absolute Gasteiger partial charge is 0.507 e. The fourth-order valence-electron chi connectivity index (χ4n) is 3.50. The van der Waals surface area contributed by atoms with E-state index in [4.69, 9.17) is 13.7 Å². The molecule has 0 saturated carbocycles. The Kier molecular flexibility index (Phi) is 5.80. The van der Waals surface area contributed by atoms with Crippen LogP contribution in [0.1, 0.15) is 53.7 Å². The molecular weight excluding hydrogens is 349 g/mol. The molecule has 0 aliphatic carbocycles. The summed E-state index contributed by atoms with van der Waals surface area (Å²) < 4.78 is 0. The Bertz CT molecular complexity index is 924. The molecule has 2 aromatic rings. The van der Waals surface area contributed by atoms with Crippen LogP contribution in [0.5, 0.6) is 5.75 Å². The SMILES string of the molecule is [B]c1ccc2c(c1)CN(C(=O)c1cc(C(=C)CCC(C)C)c(NN)cc1O)C2. The summed E-state index contributed by atoms with van der Waals surface area (Å²) >= 11 is 0. The Hall–Kier alpha value is -2.73. The second kappa shape index (κ2) is 8.11. The van der Waals surface area contributed by atoms with Crippen molar-refractivity contribution in [3.8, 4) is 5.75 Å². The number of hydrazine groups is 1. The zero-order valence-corrected chi connectivity index (χ0v) is 16.5. The Morgan fingerprint density at radius 3 is 2.64 bits per heavy atom. The predicted octanol–water partition coefficient (Wildman–Crippen LogP) is 3.08. The number of nitrogens with one attached hydrogen (secondary N) is 1. The van der Waals surface area contributed by atoms with Gasteiger partial charge < -0.3 is 15.4 Å². The van der Waals surface area contributed by atoms with Gasteiger partial charge in [-0.25, -0.2) is 0 Å². The molecule has 0 saturated heterocycles. The summed E-state index contributed by atoms with van der Waals surface area (Å²) in [6, 6.07) is 8.85. The van der Waals surface area contributed by atoms with Gasteiger partial charge in [-0.15, -0.1) is 0 Å². The highest BCUT2D eigenvalue weighted by molar-refractivity contribution is 6.32. The highest BCUT2D eigenvalue weighted by atomic mass is 16.3. The lowest BCUT2D eigenvalue weighted by atomic mass is 9.93. The molecule has 4 N–H and O–H groups in total. The number of rotatable bonds is 6. The quantitative estimate of drug-likeness (QED) is 0.412. The summed E-state index contributed by atoms with van der Waals surface area (Å²) in [6.07, 6.45) is 1.77. The molecule has 28 heavy (non-hydrogen) atoms. The van der Waals surface area contributed by atoms with Gasteiger partial charge >= 0.3 is 0 Å². The monoisotopic (exact) mass is 375 g/mol. The molecule has 0 atom stereocenters. The lowest BCUT2D eigenvalue weighted by Crippen LogP contribution is -2.25. The molecule has 0 spiro atoms. The van der Waals surface area contributed by atoms with Crippen LogP contribution in [0.3, 0.4) is 0 Å². The van der Waals surface area contributed by atoms with E-state index >= 15 is 0 Å². The fraction of sp³-hybridized carbons (Fsp3) is 0.318. The predicted molar refractivity (Wildman–Crippen MR) is 114 cm³/mol. The van der Waals surface area contributed by atoms with Crippen LogP contribution < -0.4 is 16.7 Å². The normalized spacial score (nSPS) is 12.9. The van der Waals surface area contributed by atoms with Crippen LogP contribution in [0.15, 0.2) is 36.9 Å². The van der Waals surface area contributed by atoms with Gasteiger partial charge in [-0.2, -0.15) is 0 Å². The maximum Gasteiger partial charge on any atom is 0.258 e. The van der Waals surface area contributed by atoms with E-state index in [0.29, 0.717) is 30.2 Å². The summed E-state index contributed by atoms with van der Waals surface area (Å²) in [7, 11) is 5.85. The summed E-state index contributed by atoms with van der Waals surface area (Å²) in [5.41, 5.74) is 7.83. The number of anilines is 1. The molecule has 5 nitrogen and oxygen atoms in total. The first kappa shape index (κ1) is 20.0. The van der Waals surface area contributed by atoms with Gasteiger partial charge in [0.15, 0.2) is 0 Å². The van der Waals surface area contributed by atoms with Crippen molar-refractivity contribution in [1.82, 2.24) is 4.90 Å². The Morgan fingerprint density at radius 1 is 1.25 bits per heavy atom. The van der Waals surface area contributed by atoms with Crippen LogP contribution in [-0.4, -0.2) is 23.8 Å². The molecule has 0 bridgehead atoms. The third-order valence-electron chi connectivity index (χ3n) is 5.17. The molecule has 1 amide bonds. The van der Waals surface area contributed by atoms with Crippen LogP contribution in [-0.2, 0) is 13.1 Å². The molecule has 1 aliphatic heterocycles. The minimum absolute atomic E-state index is 0.103. The molecule has 0 unspecified atom stereocenters. The molecule has 2 radical (unpaired) electrons. The third kappa shape index (κ3) is 4.07.